The van der Waals surface area contributed by atoms with Crippen molar-refractivity contribution in [3.63, 3.8) is 0 Å². The Kier molecular flexibility index (Phi) is 11.0. The maximum Gasteiger partial charge on any atom is 0.0649 e. The van der Waals surface area contributed by atoms with Crippen LogP contribution in [0.1, 0.15) is 32.1 Å². The fraction of sp³-hybridized carbons (Fsp3) is 0.692. The predicted octanol–water partition coefficient (Wildman–Crippen LogP) is 2.93. The first kappa shape index (κ1) is 14.4. The molecule has 0 aliphatic heterocycles. The Morgan fingerprint density at radius 2 is 1.60 bits per heavy atom. The van der Waals surface area contributed by atoms with Gasteiger partial charge in [0.2, 0.25) is 0 Å². The van der Waals surface area contributed by atoms with Gasteiger partial charge in [-0.2, -0.15) is 0 Å². The van der Waals surface area contributed by atoms with Gasteiger partial charge in [-0.1, -0.05) is 31.4 Å². The van der Waals surface area contributed by atoms with Gasteiger partial charge in [0.15, 0.2) is 0 Å². The summed E-state index contributed by atoms with van der Waals surface area (Å²) >= 11 is 0. The highest BCUT2D eigenvalue weighted by Crippen LogP contribution is 2.22. The molecule has 2 heteroatoms. The Bertz CT molecular complexity index is 141. The zero-order valence-electron chi connectivity index (χ0n) is 9.66. The second kappa shape index (κ2) is 11.5. The molecule has 0 saturated heterocycles. The molecule has 0 heterocycles. The second-order valence-corrected chi connectivity index (χ2v) is 3.80. The highest BCUT2D eigenvalue weighted by atomic mass is 16.5. The van der Waals surface area contributed by atoms with Gasteiger partial charge in [-0.25, -0.2) is 0 Å². The van der Waals surface area contributed by atoms with E-state index in [1.165, 1.54) is 32.1 Å². The van der Waals surface area contributed by atoms with Crippen LogP contribution in [0.25, 0.3) is 0 Å². The molecule has 0 spiro atoms. The summed E-state index contributed by atoms with van der Waals surface area (Å²) in [7, 11) is 0. The van der Waals surface area contributed by atoms with E-state index in [1.54, 1.807) is 12.2 Å². The number of aliphatic hydroxyl groups is 1. The minimum atomic E-state index is 0.417. The van der Waals surface area contributed by atoms with E-state index in [4.69, 9.17) is 9.84 Å². The summed E-state index contributed by atoms with van der Waals surface area (Å²) in [6.07, 6.45) is 10.0. The van der Waals surface area contributed by atoms with E-state index in [0.29, 0.717) is 25.7 Å². The SMILES string of the molecule is C=CCOCC=C.OCC1CCCCC1. The molecule has 0 amide bonds. The van der Waals surface area contributed by atoms with E-state index in [-0.39, 0.29) is 0 Å². The minimum Gasteiger partial charge on any atom is -0.396 e. The smallest absolute Gasteiger partial charge is 0.0649 e. The molecule has 1 aliphatic rings. The normalized spacial score (nSPS) is 16.3. The van der Waals surface area contributed by atoms with Crippen LogP contribution in [0.5, 0.6) is 0 Å². The molecule has 0 aromatic carbocycles. The molecular weight excluding hydrogens is 188 g/mol. The Labute approximate surface area is 93.6 Å². The van der Waals surface area contributed by atoms with Crippen molar-refractivity contribution in [2.75, 3.05) is 19.8 Å². The van der Waals surface area contributed by atoms with E-state index >= 15 is 0 Å². The molecule has 1 N–H and O–H groups in total. The first-order valence-electron chi connectivity index (χ1n) is 5.75. The van der Waals surface area contributed by atoms with Crippen LogP contribution < -0.4 is 0 Å². The van der Waals surface area contributed by atoms with Crippen LogP contribution in [0.4, 0.5) is 0 Å². The molecule has 1 fully saturated rings. The topological polar surface area (TPSA) is 29.5 Å². The second-order valence-electron chi connectivity index (χ2n) is 3.80. The van der Waals surface area contributed by atoms with Crippen LogP contribution in [0.3, 0.4) is 0 Å². The number of rotatable bonds is 5. The lowest BCUT2D eigenvalue weighted by molar-refractivity contribution is 0.190. The fourth-order valence-corrected chi connectivity index (χ4v) is 1.60. The highest BCUT2D eigenvalue weighted by Gasteiger charge is 2.10. The third-order valence-corrected chi connectivity index (χ3v) is 2.45. The highest BCUT2D eigenvalue weighted by molar-refractivity contribution is 4.68. The molecule has 0 aromatic rings. The molecule has 1 saturated carbocycles. The molecule has 0 aromatic heterocycles. The van der Waals surface area contributed by atoms with Crippen LogP contribution >= 0.6 is 0 Å². The molecule has 15 heavy (non-hydrogen) atoms. The van der Waals surface area contributed by atoms with Gasteiger partial charge in [0, 0.05) is 6.61 Å². The van der Waals surface area contributed by atoms with Crippen molar-refractivity contribution in [3.8, 4) is 0 Å². The molecule has 2 nitrogen and oxygen atoms in total. The zero-order chi connectivity index (χ0) is 11.4. The standard InChI is InChI=1S/C7H14O.C6H10O/c8-6-7-4-2-1-3-5-7;1-3-5-7-6-4-2/h7-8H,1-6H2;3-4H,1-2,5-6H2. The van der Waals surface area contributed by atoms with Crippen LogP contribution in [-0.2, 0) is 4.74 Å². The third-order valence-electron chi connectivity index (χ3n) is 2.45. The maximum atomic E-state index is 8.69. The average Bonchev–Trinajstić information content (AvgIpc) is 2.32. The van der Waals surface area contributed by atoms with Gasteiger partial charge in [-0.05, 0) is 18.8 Å². The van der Waals surface area contributed by atoms with E-state index in [2.05, 4.69) is 13.2 Å². The van der Waals surface area contributed by atoms with E-state index in [0.717, 1.165) is 0 Å². The van der Waals surface area contributed by atoms with E-state index in [1.807, 2.05) is 0 Å². The lowest BCUT2D eigenvalue weighted by Gasteiger charge is -2.18. The van der Waals surface area contributed by atoms with Gasteiger partial charge < -0.3 is 9.84 Å². The van der Waals surface area contributed by atoms with Gasteiger partial charge in [0.05, 0.1) is 13.2 Å². The summed E-state index contributed by atoms with van der Waals surface area (Å²) in [4.78, 5) is 0. The van der Waals surface area contributed by atoms with Crippen molar-refractivity contribution < 1.29 is 9.84 Å². The molecule has 0 bridgehead atoms. The Morgan fingerprint density at radius 1 is 1.07 bits per heavy atom. The van der Waals surface area contributed by atoms with E-state index < -0.39 is 0 Å². The van der Waals surface area contributed by atoms with Crippen LogP contribution in [0, 0.1) is 5.92 Å². The van der Waals surface area contributed by atoms with Crippen molar-refractivity contribution in [2.24, 2.45) is 5.92 Å². The summed E-state index contributed by atoms with van der Waals surface area (Å²) in [5.74, 6) is 0.642. The molecule has 1 rings (SSSR count). The monoisotopic (exact) mass is 212 g/mol. The molecule has 88 valence electrons. The quantitative estimate of drug-likeness (QED) is 0.561. The Morgan fingerprint density at radius 3 is 1.93 bits per heavy atom. The molecular formula is C13H24O2. The van der Waals surface area contributed by atoms with Gasteiger partial charge in [0.25, 0.3) is 0 Å². The fourth-order valence-electron chi connectivity index (χ4n) is 1.60. The van der Waals surface area contributed by atoms with Crippen molar-refractivity contribution in [1.29, 1.82) is 0 Å². The number of aliphatic hydroxyl groups excluding tert-OH is 1. The van der Waals surface area contributed by atoms with Gasteiger partial charge in [-0.15, -0.1) is 13.2 Å². The lowest BCUT2D eigenvalue weighted by Crippen LogP contribution is -2.09. The minimum absolute atomic E-state index is 0.417. The van der Waals surface area contributed by atoms with Crippen LogP contribution in [0.2, 0.25) is 0 Å². The first-order valence-corrected chi connectivity index (χ1v) is 5.75. The number of hydrogen-bond acceptors (Lipinski definition) is 2. The molecule has 1 aliphatic carbocycles. The van der Waals surface area contributed by atoms with Crippen molar-refractivity contribution in [2.45, 2.75) is 32.1 Å². The average molecular weight is 212 g/mol. The third kappa shape index (κ3) is 9.70. The summed E-state index contributed by atoms with van der Waals surface area (Å²) in [6, 6.07) is 0. The maximum absolute atomic E-state index is 8.69. The number of hydrogen-bond donors (Lipinski definition) is 1. The van der Waals surface area contributed by atoms with Gasteiger partial charge in [0.1, 0.15) is 0 Å². The van der Waals surface area contributed by atoms with Crippen molar-refractivity contribution >= 4 is 0 Å². The van der Waals surface area contributed by atoms with Gasteiger partial charge in [-0.3, -0.25) is 0 Å². The van der Waals surface area contributed by atoms with Crippen molar-refractivity contribution in [1.82, 2.24) is 0 Å². The molecule has 0 unspecified atom stereocenters. The molecule has 0 radical (unpaired) electrons. The predicted molar refractivity (Wildman–Crippen MR) is 64.9 cm³/mol. The summed E-state index contributed by atoms with van der Waals surface area (Å²) in [5.41, 5.74) is 0. The Hall–Kier alpha value is -0.600. The number of ether oxygens (including phenoxy) is 1. The van der Waals surface area contributed by atoms with Crippen LogP contribution in [0.15, 0.2) is 25.3 Å². The summed E-state index contributed by atoms with van der Waals surface area (Å²) in [5, 5.41) is 8.69. The zero-order valence-corrected chi connectivity index (χ0v) is 9.66. The lowest BCUT2D eigenvalue weighted by atomic mass is 9.90. The summed E-state index contributed by atoms with van der Waals surface area (Å²) < 4.78 is 4.90. The first-order chi connectivity index (χ1) is 7.35. The van der Waals surface area contributed by atoms with E-state index in [9.17, 15) is 0 Å². The van der Waals surface area contributed by atoms with Crippen molar-refractivity contribution in [3.05, 3.63) is 25.3 Å². The summed E-state index contributed by atoms with van der Waals surface area (Å²) in [6.45, 7) is 8.60. The largest absolute Gasteiger partial charge is 0.396 e. The molecule has 0 atom stereocenters. The Balaban J connectivity index is 0.000000265. The van der Waals surface area contributed by atoms with Gasteiger partial charge >= 0.3 is 0 Å². The van der Waals surface area contributed by atoms with Crippen LogP contribution in [-0.4, -0.2) is 24.9 Å².